The number of anilines is 2. The number of benzene rings is 1. The standard InChI is InChI=1S/C18H18F4N5O2S/c1-17(2,28)9-24-7-10(6-23)15-12(18(20,21)22)8-25-16(27-15)26-14-4-3-11(30-29)5-13(14)19/h3-8,28H,9,23H2,1-2H3,(H,25,26,27)/q+1/b10-6+,24-7?. The van der Waals surface area contributed by atoms with Gasteiger partial charge in [-0.05, 0) is 19.9 Å². The minimum atomic E-state index is -4.79. The van der Waals surface area contributed by atoms with Gasteiger partial charge in [0.1, 0.15) is 5.56 Å². The Morgan fingerprint density at radius 3 is 2.60 bits per heavy atom. The molecule has 0 aliphatic rings. The van der Waals surface area contributed by atoms with Crippen molar-refractivity contribution in [3.63, 3.8) is 0 Å². The molecule has 0 unspecified atom stereocenters. The van der Waals surface area contributed by atoms with E-state index in [-0.39, 0.29) is 40.3 Å². The number of halogens is 4. The molecule has 30 heavy (non-hydrogen) atoms. The Morgan fingerprint density at radius 1 is 1.37 bits per heavy atom. The van der Waals surface area contributed by atoms with E-state index in [0.29, 0.717) is 6.20 Å². The third-order valence-electron chi connectivity index (χ3n) is 3.54. The van der Waals surface area contributed by atoms with Crippen LogP contribution in [0, 0.1) is 5.82 Å². The molecule has 0 saturated heterocycles. The first kappa shape index (κ1) is 23.3. The van der Waals surface area contributed by atoms with E-state index in [1.807, 2.05) is 0 Å². The summed E-state index contributed by atoms with van der Waals surface area (Å²) in [6, 6.07) is 3.54. The van der Waals surface area contributed by atoms with Gasteiger partial charge in [0.05, 0.1) is 23.5 Å². The quantitative estimate of drug-likeness (QED) is 0.343. The first-order valence-corrected chi connectivity index (χ1v) is 9.14. The van der Waals surface area contributed by atoms with Gasteiger partial charge in [-0.2, -0.15) is 13.2 Å². The molecule has 0 saturated carbocycles. The zero-order valence-corrected chi connectivity index (χ0v) is 16.7. The van der Waals surface area contributed by atoms with Crippen LogP contribution >= 0.6 is 0 Å². The minimum absolute atomic E-state index is 0.0861. The normalized spacial score (nSPS) is 13.0. The molecule has 0 aliphatic heterocycles. The fourth-order valence-electron chi connectivity index (χ4n) is 2.19. The molecule has 0 radical (unpaired) electrons. The van der Waals surface area contributed by atoms with Crippen molar-refractivity contribution in [1.29, 1.82) is 0 Å². The molecule has 7 nitrogen and oxygen atoms in total. The molecule has 1 aromatic carbocycles. The van der Waals surface area contributed by atoms with Gasteiger partial charge in [-0.3, -0.25) is 4.99 Å². The van der Waals surface area contributed by atoms with Crippen molar-refractivity contribution in [1.82, 2.24) is 9.97 Å². The first-order chi connectivity index (χ1) is 13.9. The zero-order chi connectivity index (χ0) is 22.5. The van der Waals surface area contributed by atoms with Gasteiger partial charge in [-0.25, -0.2) is 14.4 Å². The maximum Gasteiger partial charge on any atom is 0.505 e. The second kappa shape index (κ2) is 9.22. The summed E-state index contributed by atoms with van der Waals surface area (Å²) in [6.45, 7) is 2.88. The third-order valence-corrected chi connectivity index (χ3v) is 3.99. The van der Waals surface area contributed by atoms with E-state index >= 15 is 0 Å². The van der Waals surface area contributed by atoms with E-state index < -0.39 is 28.9 Å². The highest BCUT2D eigenvalue weighted by Gasteiger charge is 2.36. The monoisotopic (exact) mass is 444 g/mol. The van der Waals surface area contributed by atoms with Crippen LogP contribution in [0.3, 0.4) is 0 Å². The van der Waals surface area contributed by atoms with E-state index in [9.17, 15) is 26.9 Å². The van der Waals surface area contributed by atoms with Crippen molar-refractivity contribution in [3.05, 3.63) is 47.7 Å². The summed E-state index contributed by atoms with van der Waals surface area (Å²) >= 11 is 0.0934. The lowest BCUT2D eigenvalue weighted by Gasteiger charge is -2.15. The van der Waals surface area contributed by atoms with Crippen LogP contribution in [0.2, 0.25) is 0 Å². The minimum Gasteiger partial charge on any atom is -0.404 e. The SMILES string of the molecule is CC(C)(O)CN=C/C(=C\N)c1nc(Nc2ccc([S+]=O)cc2F)ncc1C(F)(F)F. The van der Waals surface area contributed by atoms with E-state index in [1.165, 1.54) is 26.0 Å². The molecule has 1 heterocycles. The number of aromatic nitrogens is 2. The van der Waals surface area contributed by atoms with Crippen molar-refractivity contribution in [2.45, 2.75) is 30.5 Å². The van der Waals surface area contributed by atoms with Crippen LogP contribution in [0.15, 0.2) is 40.5 Å². The van der Waals surface area contributed by atoms with Crippen molar-refractivity contribution in [2.75, 3.05) is 11.9 Å². The van der Waals surface area contributed by atoms with E-state index in [4.69, 9.17) is 5.73 Å². The third kappa shape index (κ3) is 6.26. The fraction of sp³-hybridized carbons (Fsp3) is 0.278. The molecule has 0 bridgehead atoms. The molecule has 2 rings (SSSR count). The van der Waals surface area contributed by atoms with Gasteiger partial charge in [0.25, 0.3) is 4.90 Å². The molecule has 4 N–H and O–H groups in total. The Hall–Kier alpha value is -2.99. The van der Waals surface area contributed by atoms with E-state index in [2.05, 4.69) is 20.3 Å². The number of nitrogens with zero attached hydrogens (tertiary/aromatic N) is 3. The summed E-state index contributed by atoms with van der Waals surface area (Å²) in [5.74, 6) is -1.13. The van der Waals surface area contributed by atoms with Crippen LogP contribution in [0.5, 0.6) is 0 Å². The Kier molecular flexibility index (Phi) is 7.16. The average Bonchev–Trinajstić information content (AvgIpc) is 2.65. The molecular weight excluding hydrogens is 426 g/mol. The predicted molar refractivity (Wildman–Crippen MR) is 105 cm³/mol. The van der Waals surface area contributed by atoms with Crippen LogP contribution in [-0.2, 0) is 22.1 Å². The van der Waals surface area contributed by atoms with Crippen molar-refractivity contribution < 1.29 is 26.9 Å². The number of hydrogen-bond acceptors (Lipinski definition) is 7. The summed E-state index contributed by atoms with van der Waals surface area (Å²) < 4.78 is 65.1. The molecule has 0 aliphatic carbocycles. The molecule has 0 amide bonds. The van der Waals surface area contributed by atoms with Crippen LogP contribution in [-0.4, -0.2) is 33.4 Å². The number of hydrogen-bond donors (Lipinski definition) is 3. The Labute approximate surface area is 173 Å². The maximum absolute atomic E-state index is 14.1. The average molecular weight is 444 g/mol. The molecule has 160 valence electrons. The number of alkyl halides is 3. The summed E-state index contributed by atoms with van der Waals surface area (Å²) in [7, 11) is 0. The highest BCUT2D eigenvalue weighted by molar-refractivity contribution is 7.65. The molecule has 1 aromatic heterocycles. The number of aliphatic hydroxyl groups is 1. The molecule has 0 fully saturated rings. The lowest BCUT2D eigenvalue weighted by atomic mass is 10.1. The van der Waals surface area contributed by atoms with Gasteiger partial charge >= 0.3 is 17.8 Å². The highest BCUT2D eigenvalue weighted by atomic mass is 32.1. The summed E-state index contributed by atoms with van der Waals surface area (Å²) in [5.41, 5.74) is 2.25. The van der Waals surface area contributed by atoms with Crippen LogP contribution in [0.4, 0.5) is 29.2 Å². The first-order valence-electron chi connectivity index (χ1n) is 8.39. The summed E-state index contributed by atoms with van der Waals surface area (Å²) in [6.07, 6.45) is -2.31. The molecule has 0 spiro atoms. The topological polar surface area (TPSA) is 113 Å². The lowest BCUT2D eigenvalue weighted by molar-refractivity contribution is -0.138. The van der Waals surface area contributed by atoms with Gasteiger partial charge in [0, 0.05) is 40.5 Å². The van der Waals surface area contributed by atoms with Gasteiger partial charge in [-0.1, -0.05) is 0 Å². The van der Waals surface area contributed by atoms with Crippen LogP contribution in [0.1, 0.15) is 25.1 Å². The van der Waals surface area contributed by atoms with Crippen molar-refractivity contribution >= 4 is 35.1 Å². The fourth-order valence-corrected chi connectivity index (χ4v) is 2.46. The van der Waals surface area contributed by atoms with Crippen LogP contribution in [0.25, 0.3) is 5.57 Å². The number of allylic oxidation sites excluding steroid dienone is 1. The molecule has 2 aromatic rings. The molecular formula is C18H18F4N5O2S+. The second-order valence-electron chi connectivity index (χ2n) is 6.71. The van der Waals surface area contributed by atoms with Gasteiger partial charge < -0.3 is 16.2 Å². The molecule has 12 heteroatoms. The number of nitrogens with two attached hydrogens (primary N) is 1. The lowest BCUT2D eigenvalue weighted by Crippen LogP contribution is -2.22. The van der Waals surface area contributed by atoms with E-state index in [1.54, 1.807) is 0 Å². The van der Waals surface area contributed by atoms with Crippen molar-refractivity contribution in [2.24, 2.45) is 10.7 Å². The number of aliphatic imine (C=N–C) groups is 1. The van der Waals surface area contributed by atoms with Gasteiger partial charge in [0.2, 0.25) is 5.95 Å². The largest absolute Gasteiger partial charge is 0.505 e. The maximum atomic E-state index is 14.1. The number of nitrogens with one attached hydrogen (secondary N) is 1. The predicted octanol–water partition coefficient (Wildman–Crippen LogP) is 3.31. The van der Waals surface area contributed by atoms with Crippen molar-refractivity contribution in [3.8, 4) is 0 Å². The Balaban J connectivity index is 2.45. The van der Waals surface area contributed by atoms with Gasteiger partial charge in [0.15, 0.2) is 5.82 Å². The Morgan fingerprint density at radius 2 is 2.07 bits per heavy atom. The van der Waals surface area contributed by atoms with Crippen LogP contribution < -0.4 is 11.1 Å². The van der Waals surface area contributed by atoms with Gasteiger partial charge in [-0.15, -0.1) is 0 Å². The summed E-state index contributed by atoms with van der Waals surface area (Å²) in [5, 5.41) is 12.2. The summed E-state index contributed by atoms with van der Waals surface area (Å²) in [4.78, 5) is 11.4. The zero-order valence-electron chi connectivity index (χ0n) is 15.9. The van der Waals surface area contributed by atoms with E-state index in [0.717, 1.165) is 18.5 Å². The Bertz CT molecular complexity index is 988. The number of rotatable bonds is 7. The smallest absolute Gasteiger partial charge is 0.404 e. The highest BCUT2D eigenvalue weighted by Crippen LogP contribution is 2.34. The second-order valence-corrected chi connectivity index (χ2v) is 7.35. The molecule has 0 atom stereocenters.